The van der Waals surface area contributed by atoms with Gasteiger partial charge in [-0.1, -0.05) is 44.2 Å². The van der Waals surface area contributed by atoms with E-state index in [9.17, 15) is 4.79 Å². The summed E-state index contributed by atoms with van der Waals surface area (Å²) in [6, 6.07) is 10.1. The van der Waals surface area contributed by atoms with Gasteiger partial charge in [0.15, 0.2) is 0 Å². The number of amides is 1. The fourth-order valence-corrected chi connectivity index (χ4v) is 2.93. The van der Waals surface area contributed by atoms with Crippen molar-refractivity contribution in [1.82, 2.24) is 10.2 Å². The Bertz CT molecular complexity index is 444. The summed E-state index contributed by atoms with van der Waals surface area (Å²) in [6.45, 7) is 8.69. The Morgan fingerprint density at radius 1 is 1.15 bits per heavy atom. The number of nitrogens with zero attached hydrogens (tertiary/aromatic N) is 1. The van der Waals surface area contributed by atoms with Crippen molar-refractivity contribution in [3.05, 3.63) is 35.9 Å². The second-order valence-corrected chi connectivity index (χ2v) is 6.25. The zero-order valence-corrected chi connectivity index (χ0v) is 13.0. The number of rotatable bonds is 5. The SMILES string of the molecule is CC(C)CCC(C)N1C(=O)C(c2ccccc2)NC1C. The molecule has 1 aromatic carbocycles. The third kappa shape index (κ3) is 3.21. The van der Waals surface area contributed by atoms with Gasteiger partial charge in [0.05, 0.1) is 6.17 Å². The van der Waals surface area contributed by atoms with Crippen molar-refractivity contribution in [3.63, 3.8) is 0 Å². The first-order valence-corrected chi connectivity index (χ1v) is 7.64. The molecule has 0 aromatic heterocycles. The van der Waals surface area contributed by atoms with Crippen LogP contribution in [0.25, 0.3) is 0 Å². The van der Waals surface area contributed by atoms with Crippen LogP contribution in [0.1, 0.15) is 52.1 Å². The predicted octanol–water partition coefficient (Wildman–Crippen LogP) is 3.33. The number of nitrogens with one attached hydrogen (secondary N) is 1. The largest absolute Gasteiger partial charge is 0.323 e. The molecular weight excluding hydrogens is 248 g/mol. The van der Waals surface area contributed by atoms with Crippen molar-refractivity contribution >= 4 is 5.91 Å². The molecule has 3 heteroatoms. The maximum Gasteiger partial charge on any atom is 0.245 e. The molecule has 1 aliphatic rings. The first kappa shape index (κ1) is 15.0. The minimum absolute atomic E-state index is 0.106. The predicted molar refractivity (Wildman–Crippen MR) is 82.2 cm³/mol. The average molecular weight is 274 g/mol. The standard InChI is InChI=1S/C17H26N2O/c1-12(2)10-11-13(3)19-14(4)18-16(17(19)20)15-8-6-5-7-9-15/h5-9,12-14,16,18H,10-11H2,1-4H3. The van der Waals surface area contributed by atoms with E-state index < -0.39 is 0 Å². The Morgan fingerprint density at radius 3 is 2.40 bits per heavy atom. The van der Waals surface area contributed by atoms with Gasteiger partial charge in [0.2, 0.25) is 5.91 Å². The molecule has 0 bridgehead atoms. The average Bonchev–Trinajstić information content (AvgIpc) is 2.72. The smallest absolute Gasteiger partial charge is 0.245 e. The lowest BCUT2D eigenvalue weighted by Crippen LogP contribution is -2.41. The van der Waals surface area contributed by atoms with Crippen molar-refractivity contribution in [3.8, 4) is 0 Å². The van der Waals surface area contributed by atoms with E-state index in [1.165, 1.54) is 0 Å². The van der Waals surface area contributed by atoms with Gasteiger partial charge in [0.25, 0.3) is 0 Å². The Labute approximate surface area is 122 Å². The molecule has 0 radical (unpaired) electrons. The van der Waals surface area contributed by atoms with E-state index in [-0.39, 0.29) is 18.1 Å². The maximum absolute atomic E-state index is 12.7. The van der Waals surface area contributed by atoms with Gasteiger partial charge in [-0.25, -0.2) is 0 Å². The summed E-state index contributed by atoms with van der Waals surface area (Å²) < 4.78 is 0. The molecule has 1 amide bonds. The van der Waals surface area contributed by atoms with Gasteiger partial charge < -0.3 is 4.90 Å². The summed E-state index contributed by atoms with van der Waals surface area (Å²) in [5.74, 6) is 0.892. The molecular formula is C17H26N2O. The van der Waals surface area contributed by atoms with Crippen LogP contribution in [0.3, 0.4) is 0 Å². The lowest BCUT2D eigenvalue weighted by Gasteiger charge is -2.28. The summed E-state index contributed by atoms with van der Waals surface area (Å²) in [6.07, 6.45) is 2.33. The summed E-state index contributed by atoms with van der Waals surface area (Å²) >= 11 is 0. The van der Waals surface area contributed by atoms with Gasteiger partial charge in [-0.05, 0) is 38.2 Å². The van der Waals surface area contributed by atoms with E-state index in [2.05, 4.69) is 33.0 Å². The first-order chi connectivity index (χ1) is 9.50. The van der Waals surface area contributed by atoms with Crippen LogP contribution >= 0.6 is 0 Å². The molecule has 1 aliphatic heterocycles. The minimum atomic E-state index is -0.187. The molecule has 1 fully saturated rings. The summed E-state index contributed by atoms with van der Waals surface area (Å²) in [4.78, 5) is 14.7. The van der Waals surface area contributed by atoms with Gasteiger partial charge in [0, 0.05) is 6.04 Å². The van der Waals surface area contributed by atoms with Crippen LogP contribution in [0.2, 0.25) is 0 Å². The number of hydrogen-bond donors (Lipinski definition) is 1. The molecule has 3 nitrogen and oxygen atoms in total. The zero-order chi connectivity index (χ0) is 14.7. The Kier molecular flexibility index (Phi) is 4.81. The molecule has 1 heterocycles. The van der Waals surface area contributed by atoms with E-state index >= 15 is 0 Å². The van der Waals surface area contributed by atoms with Crippen molar-refractivity contribution < 1.29 is 4.79 Å². The maximum atomic E-state index is 12.7. The van der Waals surface area contributed by atoms with E-state index in [1.807, 2.05) is 35.2 Å². The van der Waals surface area contributed by atoms with Crippen LogP contribution < -0.4 is 5.32 Å². The summed E-state index contributed by atoms with van der Waals surface area (Å²) in [5, 5.41) is 3.41. The van der Waals surface area contributed by atoms with Gasteiger partial charge in [-0.2, -0.15) is 0 Å². The summed E-state index contributed by atoms with van der Waals surface area (Å²) in [7, 11) is 0. The third-order valence-electron chi connectivity index (χ3n) is 4.10. The quantitative estimate of drug-likeness (QED) is 0.893. The molecule has 20 heavy (non-hydrogen) atoms. The van der Waals surface area contributed by atoms with Gasteiger partial charge in [-0.3, -0.25) is 10.1 Å². The van der Waals surface area contributed by atoms with Crippen LogP contribution in [-0.2, 0) is 4.79 Å². The van der Waals surface area contributed by atoms with Crippen LogP contribution in [0, 0.1) is 5.92 Å². The van der Waals surface area contributed by atoms with Crippen LogP contribution in [0.4, 0.5) is 0 Å². The molecule has 3 unspecified atom stereocenters. The molecule has 3 atom stereocenters. The molecule has 1 N–H and O–H groups in total. The van der Waals surface area contributed by atoms with Gasteiger partial charge in [-0.15, -0.1) is 0 Å². The zero-order valence-electron chi connectivity index (χ0n) is 13.0. The van der Waals surface area contributed by atoms with Crippen molar-refractivity contribution in [1.29, 1.82) is 0 Å². The lowest BCUT2D eigenvalue weighted by atomic mass is 10.0. The highest BCUT2D eigenvalue weighted by molar-refractivity contribution is 5.85. The lowest BCUT2D eigenvalue weighted by molar-refractivity contribution is -0.132. The normalized spacial score (nSPS) is 24.4. The van der Waals surface area contributed by atoms with Gasteiger partial charge >= 0.3 is 0 Å². The van der Waals surface area contributed by atoms with Crippen LogP contribution in [0.5, 0.6) is 0 Å². The third-order valence-corrected chi connectivity index (χ3v) is 4.10. The molecule has 0 spiro atoms. The van der Waals surface area contributed by atoms with Crippen LogP contribution in [0.15, 0.2) is 30.3 Å². The topological polar surface area (TPSA) is 32.3 Å². The van der Waals surface area contributed by atoms with E-state index in [4.69, 9.17) is 0 Å². The highest BCUT2D eigenvalue weighted by atomic mass is 16.2. The Hall–Kier alpha value is -1.35. The monoisotopic (exact) mass is 274 g/mol. The number of benzene rings is 1. The fraction of sp³-hybridized carbons (Fsp3) is 0.588. The number of carbonyl (C=O) groups excluding carboxylic acids is 1. The number of carbonyl (C=O) groups is 1. The summed E-state index contributed by atoms with van der Waals surface area (Å²) in [5.41, 5.74) is 1.06. The van der Waals surface area contributed by atoms with Crippen LogP contribution in [-0.4, -0.2) is 23.0 Å². The Balaban J connectivity index is 2.07. The molecule has 110 valence electrons. The second-order valence-electron chi connectivity index (χ2n) is 6.25. The molecule has 0 aliphatic carbocycles. The molecule has 2 rings (SSSR count). The number of hydrogen-bond acceptors (Lipinski definition) is 2. The molecule has 0 saturated carbocycles. The van der Waals surface area contributed by atoms with Crippen molar-refractivity contribution in [2.75, 3.05) is 0 Å². The fourth-order valence-electron chi connectivity index (χ4n) is 2.93. The highest BCUT2D eigenvalue weighted by Crippen LogP contribution is 2.27. The molecule has 1 aromatic rings. The second kappa shape index (κ2) is 6.40. The first-order valence-electron chi connectivity index (χ1n) is 7.64. The Morgan fingerprint density at radius 2 is 1.80 bits per heavy atom. The minimum Gasteiger partial charge on any atom is -0.323 e. The highest BCUT2D eigenvalue weighted by Gasteiger charge is 2.39. The van der Waals surface area contributed by atoms with Crippen molar-refractivity contribution in [2.24, 2.45) is 5.92 Å². The van der Waals surface area contributed by atoms with E-state index in [1.54, 1.807) is 0 Å². The van der Waals surface area contributed by atoms with E-state index in [0.29, 0.717) is 12.0 Å². The van der Waals surface area contributed by atoms with Gasteiger partial charge in [0.1, 0.15) is 6.04 Å². The molecule has 1 saturated heterocycles. The van der Waals surface area contributed by atoms with Crippen molar-refractivity contribution in [2.45, 2.75) is 58.8 Å². The van der Waals surface area contributed by atoms with E-state index in [0.717, 1.165) is 18.4 Å².